The molecule has 2 heterocycles. The summed E-state index contributed by atoms with van der Waals surface area (Å²) in [5.74, 6) is -1.59. The minimum Gasteiger partial charge on any atom is -0.442 e. The monoisotopic (exact) mass is 489 g/mol. The number of carbonyl (C=O) groups excluding carboxylic acids is 1. The van der Waals surface area contributed by atoms with Gasteiger partial charge in [-0.3, -0.25) is 9.69 Å². The van der Waals surface area contributed by atoms with Crippen molar-refractivity contribution in [2.24, 2.45) is 0 Å². The largest absolute Gasteiger partial charge is 0.442 e. The Morgan fingerprint density at radius 1 is 1.16 bits per heavy atom. The van der Waals surface area contributed by atoms with Gasteiger partial charge >= 0.3 is 18.3 Å². The third-order valence-electron chi connectivity index (χ3n) is 5.23. The number of para-hydroxylation sites is 1. The van der Waals surface area contributed by atoms with Crippen LogP contribution in [-0.4, -0.2) is 81.3 Å². The van der Waals surface area contributed by atoms with Gasteiger partial charge in [-0.25, -0.2) is 0 Å². The zero-order valence-corrected chi connectivity index (χ0v) is 17.6. The molecule has 0 aliphatic carbocycles. The molecule has 2 fully saturated rings. The molecule has 0 aromatic heterocycles. The molecule has 32 heavy (non-hydrogen) atoms. The number of alkyl halides is 6. The molecule has 0 spiro atoms. The summed E-state index contributed by atoms with van der Waals surface area (Å²) in [6.07, 6.45) is -15.7. The first kappa shape index (κ1) is 24.9. The molecular formula is C19H22ClF6N3O3. The van der Waals surface area contributed by atoms with E-state index >= 15 is 0 Å². The number of benzene rings is 1. The minimum absolute atomic E-state index is 0.0946. The lowest BCUT2D eigenvalue weighted by molar-refractivity contribution is -0.314. The maximum atomic E-state index is 12.8. The molecule has 2 aliphatic heterocycles. The molecule has 1 aromatic carbocycles. The van der Waals surface area contributed by atoms with Gasteiger partial charge in [0.25, 0.3) is 6.10 Å². The highest BCUT2D eigenvalue weighted by molar-refractivity contribution is 6.33. The second kappa shape index (κ2) is 10.0. The minimum atomic E-state index is -5.77. The highest BCUT2D eigenvalue weighted by atomic mass is 35.5. The Hall–Kier alpha value is -1.76. The Morgan fingerprint density at radius 2 is 1.81 bits per heavy atom. The van der Waals surface area contributed by atoms with E-state index in [9.17, 15) is 31.1 Å². The Bertz CT molecular complexity index is 787. The first-order valence-electron chi connectivity index (χ1n) is 9.87. The van der Waals surface area contributed by atoms with Crippen molar-refractivity contribution >= 4 is 23.3 Å². The van der Waals surface area contributed by atoms with Crippen molar-refractivity contribution in [2.75, 3.05) is 50.8 Å². The Balaban J connectivity index is 1.80. The molecule has 3 rings (SSSR count). The zero-order valence-electron chi connectivity index (χ0n) is 16.8. The molecule has 1 N–H and O–H groups in total. The van der Waals surface area contributed by atoms with Gasteiger partial charge in [0.05, 0.1) is 23.9 Å². The van der Waals surface area contributed by atoms with E-state index in [-0.39, 0.29) is 19.6 Å². The van der Waals surface area contributed by atoms with E-state index in [1.807, 2.05) is 4.90 Å². The van der Waals surface area contributed by atoms with E-state index in [0.717, 1.165) is 0 Å². The van der Waals surface area contributed by atoms with Crippen LogP contribution in [0.2, 0.25) is 5.02 Å². The SMILES string of the molecule is O=C(OC(C(F)(F)F)C(F)(F)F)C1CNCCN1Cc1cccc(Cl)c1N1CCOCC1. The van der Waals surface area contributed by atoms with Crippen LogP contribution >= 0.6 is 11.6 Å². The summed E-state index contributed by atoms with van der Waals surface area (Å²) >= 11 is 6.39. The summed E-state index contributed by atoms with van der Waals surface area (Å²) in [6.45, 7) is 2.70. The molecule has 6 nitrogen and oxygen atoms in total. The van der Waals surface area contributed by atoms with Gasteiger partial charge in [0.15, 0.2) is 0 Å². The predicted molar refractivity (Wildman–Crippen MR) is 104 cm³/mol. The first-order valence-corrected chi connectivity index (χ1v) is 10.2. The van der Waals surface area contributed by atoms with Crippen LogP contribution in [0, 0.1) is 0 Å². The lowest BCUT2D eigenvalue weighted by Gasteiger charge is -2.37. The van der Waals surface area contributed by atoms with Crippen LogP contribution in [0.15, 0.2) is 18.2 Å². The van der Waals surface area contributed by atoms with Crippen LogP contribution in [0.25, 0.3) is 0 Å². The van der Waals surface area contributed by atoms with Crippen molar-refractivity contribution in [2.45, 2.75) is 31.0 Å². The quantitative estimate of drug-likeness (QED) is 0.507. The average molecular weight is 490 g/mol. The van der Waals surface area contributed by atoms with Crippen LogP contribution in [0.3, 0.4) is 0 Å². The summed E-state index contributed by atoms with van der Waals surface area (Å²) < 4.78 is 86.3. The molecule has 13 heteroatoms. The van der Waals surface area contributed by atoms with E-state index in [0.29, 0.717) is 49.1 Å². The zero-order chi connectivity index (χ0) is 23.5. The first-order chi connectivity index (χ1) is 15.0. The number of hydrogen-bond donors (Lipinski definition) is 1. The fraction of sp³-hybridized carbons (Fsp3) is 0.632. The number of rotatable bonds is 5. The van der Waals surface area contributed by atoms with Gasteiger partial charge in [-0.1, -0.05) is 23.7 Å². The van der Waals surface area contributed by atoms with Gasteiger partial charge in [0, 0.05) is 39.3 Å². The molecule has 1 unspecified atom stereocenters. The summed E-state index contributed by atoms with van der Waals surface area (Å²) in [7, 11) is 0. The Morgan fingerprint density at radius 3 is 2.44 bits per heavy atom. The molecule has 2 saturated heterocycles. The van der Waals surface area contributed by atoms with Crippen molar-refractivity contribution in [3.05, 3.63) is 28.8 Å². The molecule has 0 radical (unpaired) electrons. The van der Waals surface area contributed by atoms with Gasteiger partial charge in [0.2, 0.25) is 0 Å². The number of esters is 1. The van der Waals surface area contributed by atoms with Crippen LogP contribution in [-0.2, 0) is 20.8 Å². The predicted octanol–water partition coefficient (Wildman–Crippen LogP) is 2.99. The number of anilines is 1. The van der Waals surface area contributed by atoms with E-state index in [2.05, 4.69) is 10.1 Å². The normalized spacial score (nSPS) is 21.1. The number of nitrogens with one attached hydrogen (secondary N) is 1. The Labute approximate surface area is 185 Å². The molecule has 2 aliphatic rings. The van der Waals surface area contributed by atoms with E-state index in [1.165, 1.54) is 4.90 Å². The lowest BCUT2D eigenvalue weighted by Crippen LogP contribution is -2.57. The van der Waals surface area contributed by atoms with Crippen molar-refractivity contribution in [3.8, 4) is 0 Å². The van der Waals surface area contributed by atoms with Crippen LogP contribution in [0.4, 0.5) is 32.0 Å². The third kappa shape index (κ3) is 5.97. The van der Waals surface area contributed by atoms with Crippen molar-refractivity contribution in [1.29, 1.82) is 0 Å². The molecule has 1 atom stereocenters. The molecule has 1 aromatic rings. The summed E-state index contributed by atoms with van der Waals surface area (Å²) in [5.41, 5.74) is 1.40. The number of halogens is 7. The lowest BCUT2D eigenvalue weighted by atomic mass is 10.1. The Kier molecular flexibility index (Phi) is 7.79. The van der Waals surface area contributed by atoms with Gasteiger partial charge in [-0.05, 0) is 11.6 Å². The second-order valence-corrected chi connectivity index (χ2v) is 7.84. The fourth-order valence-corrected chi connectivity index (χ4v) is 4.04. The molecule has 180 valence electrons. The van der Waals surface area contributed by atoms with E-state index < -0.39 is 30.5 Å². The number of ether oxygens (including phenoxy) is 2. The second-order valence-electron chi connectivity index (χ2n) is 7.44. The van der Waals surface area contributed by atoms with Crippen molar-refractivity contribution < 1.29 is 40.6 Å². The van der Waals surface area contributed by atoms with Gasteiger partial charge in [-0.2, -0.15) is 26.3 Å². The van der Waals surface area contributed by atoms with Gasteiger partial charge < -0.3 is 19.7 Å². The van der Waals surface area contributed by atoms with E-state index in [4.69, 9.17) is 16.3 Å². The molecule has 0 saturated carbocycles. The van der Waals surface area contributed by atoms with Crippen LogP contribution in [0.1, 0.15) is 5.56 Å². The summed E-state index contributed by atoms with van der Waals surface area (Å²) in [4.78, 5) is 15.9. The summed E-state index contributed by atoms with van der Waals surface area (Å²) in [5, 5.41) is 3.27. The van der Waals surface area contributed by atoms with Crippen LogP contribution < -0.4 is 10.2 Å². The van der Waals surface area contributed by atoms with Crippen molar-refractivity contribution in [1.82, 2.24) is 10.2 Å². The maximum absolute atomic E-state index is 12.8. The number of piperazine rings is 1. The van der Waals surface area contributed by atoms with Crippen LogP contribution in [0.5, 0.6) is 0 Å². The third-order valence-corrected chi connectivity index (χ3v) is 5.53. The number of nitrogens with zero attached hydrogens (tertiary/aromatic N) is 2. The average Bonchev–Trinajstić information content (AvgIpc) is 2.71. The topological polar surface area (TPSA) is 54.0 Å². The number of carbonyl (C=O) groups is 1. The number of hydrogen-bond acceptors (Lipinski definition) is 6. The molecule has 0 bridgehead atoms. The standard InChI is InChI=1S/C19H22ClF6N3O3/c20-13-3-1-2-12(15(13)28-6-8-31-9-7-28)11-29-5-4-27-10-14(29)16(30)32-17(18(21,22)23)19(24,25)26/h1-3,14,17,27H,4-11H2. The smallest absolute Gasteiger partial charge is 0.434 e. The highest BCUT2D eigenvalue weighted by Gasteiger charge is 2.60. The summed E-state index contributed by atoms with van der Waals surface area (Å²) in [6, 6.07) is 3.82. The molecule has 0 amide bonds. The number of morpholine rings is 1. The van der Waals surface area contributed by atoms with Gasteiger partial charge in [0.1, 0.15) is 6.04 Å². The molecular weight excluding hydrogens is 468 g/mol. The maximum Gasteiger partial charge on any atom is 0.434 e. The van der Waals surface area contributed by atoms with E-state index in [1.54, 1.807) is 18.2 Å². The fourth-order valence-electron chi connectivity index (χ4n) is 3.73. The highest BCUT2D eigenvalue weighted by Crippen LogP contribution is 2.36. The van der Waals surface area contributed by atoms with Gasteiger partial charge in [-0.15, -0.1) is 0 Å². The van der Waals surface area contributed by atoms with Crippen molar-refractivity contribution in [3.63, 3.8) is 0 Å².